The van der Waals surface area contributed by atoms with Gasteiger partial charge in [0.15, 0.2) is 0 Å². The molecule has 0 saturated heterocycles. The predicted octanol–water partition coefficient (Wildman–Crippen LogP) is 9.60. The van der Waals surface area contributed by atoms with Gasteiger partial charge in [0.2, 0.25) is 0 Å². The molecule has 0 aliphatic heterocycles. The molecular weight excluding hydrogens is 438 g/mol. The molecule has 162 valence electrons. The van der Waals surface area contributed by atoms with Gasteiger partial charge >= 0.3 is 0 Å². The molecule has 0 amide bonds. The van der Waals surface area contributed by atoms with Crippen LogP contribution in [-0.4, -0.2) is 4.98 Å². The maximum Gasteiger partial charge on any atom is 0.0880 e. The largest absolute Gasteiger partial charge is 0.255 e. The lowest BCUT2D eigenvalue weighted by atomic mass is 9.82. The highest BCUT2D eigenvalue weighted by Gasteiger charge is 2.20. The van der Waals surface area contributed by atoms with Crippen molar-refractivity contribution in [3.63, 3.8) is 0 Å². The van der Waals surface area contributed by atoms with E-state index in [1.165, 1.54) is 57.4 Å². The summed E-state index contributed by atoms with van der Waals surface area (Å²) < 4.78 is 2.61. The summed E-state index contributed by atoms with van der Waals surface area (Å²) in [6, 6.07) is 26.9. The van der Waals surface area contributed by atoms with E-state index in [0.29, 0.717) is 0 Å². The molecule has 3 aromatic carbocycles. The van der Waals surface area contributed by atoms with Crippen LogP contribution in [0, 0.1) is 6.92 Å². The smallest absolute Gasteiger partial charge is 0.0880 e. The third-order valence-electron chi connectivity index (χ3n) is 6.30. The fraction of sp³-hybridized carbons (Fsp3) is 0.167. The van der Waals surface area contributed by atoms with E-state index in [-0.39, 0.29) is 5.41 Å². The van der Waals surface area contributed by atoms with Gasteiger partial charge in [0, 0.05) is 26.2 Å². The third kappa shape index (κ3) is 3.56. The van der Waals surface area contributed by atoms with Crippen LogP contribution in [0.15, 0.2) is 79.0 Å². The van der Waals surface area contributed by atoms with E-state index < -0.39 is 0 Å². The summed E-state index contributed by atoms with van der Waals surface area (Å²) in [6.45, 7) is 9.05. The van der Waals surface area contributed by atoms with Crippen LogP contribution in [0.2, 0.25) is 0 Å². The second-order valence-corrected chi connectivity index (χ2v) is 12.1. The van der Waals surface area contributed by atoms with Gasteiger partial charge in [-0.1, -0.05) is 51.1 Å². The lowest BCUT2D eigenvalue weighted by Crippen LogP contribution is -2.12. The lowest BCUT2D eigenvalue weighted by Gasteiger charge is -2.22. The molecule has 6 aromatic rings. The first-order valence-electron chi connectivity index (χ1n) is 11.3. The van der Waals surface area contributed by atoms with Crippen molar-refractivity contribution in [3.05, 3.63) is 89.4 Å². The highest BCUT2D eigenvalue weighted by Crippen LogP contribution is 2.41. The summed E-state index contributed by atoms with van der Waals surface area (Å²) in [4.78, 5) is 7.53. The first kappa shape index (κ1) is 20.6. The molecule has 0 aliphatic rings. The SMILES string of the molecule is Cc1cc2cc(-c3cc4ccnc(-c5cc(C(C)(C)C)c6ccccc6c5)c4s3)ccc2s1. The average Bonchev–Trinajstić information content (AvgIpc) is 3.39. The Hall–Kier alpha value is -3.01. The quantitative estimate of drug-likeness (QED) is 0.249. The van der Waals surface area contributed by atoms with Crippen molar-refractivity contribution < 1.29 is 0 Å². The number of nitrogens with zero attached hydrogens (tertiary/aromatic N) is 1. The third-order valence-corrected chi connectivity index (χ3v) is 8.54. The molecule has 0 fully saturated rings. The summed E-state index contributed by atoms with van der Waals surface area (Å²) in [5, 5.41) is 5.18. The van der Waals surface area contributed by atoms with Crippen LogP contribution in [0.3, 0.4) is 0 Å². The Kier molecular flexibility index (Phi) is 4.69. The van der Waals surface area contributed by atoms with E-state index in [1.807, 2.05) is 28.9 Å². The van der Waals surface area contributed by atoms with Crippen molar-refractivity contribution in [1.29, 1.82) is 0 Å². The van der Waals surface area contributed by atoms with Crippen molar-refractivity contribution in [1.82, 2.24) is 4.98 Å². The molecule has 0 unspecified atom stereocenters. The van der Waals surface area contributed by atoms with Gasteiger partial charge in [0.25, 0.3) is 0 Å². The van der Waals surface area contributed by atoms with Crippen LogP contribution in [0.1, 0.15) is 31.2 Å². The average molecular weight is 464 g/mol. The fourth-order valence-electron chi connectivity index (χ4n) is 4.71. The fourth-order valence-corrected chi connectivity index (χ4v) is 6.78. The van der Waals surface area contributed by atoms with Crippen molar-refractivity contribution in [2.24, 2.45) is 0 Å². The van der Waals surface area contributed by atoms with Gasteiger partial charge in [-0.25, -0.2) is 0 Å². The predicted molar refractivity (Wildman–Crippen MR) is 147 cm³/mol. The van der Waals surface area contributed by atoms with Crippen molar-refractivity contribution >= 4 is 53.6 Å². The van der Waals surface area contributed by atoms with Crippen LogP contribution in [0.4, 0.5) is 0 Å². The van der Waals surface area contributed by atoms with Gasteiger partial charge in [0.1, 0.15) is 0 Å². The molecule has 0 aliphatic carbocycles. The Morgan fingerprint density at radius 2 is 1.55 bits per heavy atom. The molecular formula is C30H25NS2. The summed E-state index contributed by atoms with van der Waals surface area (Å²) >= 11 is 3.71. The second-order valence-electron chi connectivity index (χ2n) is 9.79. The van der Waals surface area contributed by atoms with Crippen LogP contribution in [-0.2, 0) is 5.41 Å². The van der Waals surface area contributed by atoms with E-state index >= 15 is 0 Å². The van der Waals surface area contributed by atoms with Crippen LogP contribution < -0.4 is 0 Å². The van der Waals surface area contributed by atoms with Gasteiger partial charge in [-0.3, -0.25) is 4.98 Å². The Bertz CT molecular complexity index is 1660. The Morgan fingerprint density at radius 1 is 0.727 bits per heavy atom. The lowest BCUT2D eigenvalue weighted by molar-refractivity contribution is 0.596. The molecule has 33 heavy (non-hydrogen) atoms. The van der Waals surface area contributed by atoms with Gasteiger partial charge in [-0.15, -0.1) is 22.7 Å². The van der Waals surface area contributed by atoms with Gasteiger partial charge in [-0.05, 0) is 87.5 Å². The van der Waals surface area contributed by atoms with Crippen molar-refractivity contribution in [2.45, 2.75) is 33.1 Å². The summed E-state index contributed by atoms with van der Waals surface area (Å²) in [6.07, 6.45) is 1.95. The molecule has 1 nitrogen and oxygen atoms in total. The van der Waals surface area contributed by atoms with Crippen LogP contribution in [0.25, 0.3) is 52.6 Å². The van der Waals surface area contributed by atoms with E-state index in [2.05, 4.69) is 100 Å². The highest BCUT2D eigenvalue weighted by molar-refractivity contribution is 7.22. The molecule has 0 N–H and O–H groups in total. The highest BCUT2D eigenvalue weighted by atomic mass is 32.1. The summed E-state index contributed by atoms with van der Waals surface area (Å²) in [7, 11) is 0. The monoisotopic (exact) mass is 463 g/mol. The number of rotatable bonds is 2. The van der Waals surface area contributed by atoms with Crippen molar-refractivity contribution in [2.75, 3.05) is 0 Å². The topological polar surface area (TPSA) is 12.9 Å². The van der Waals surface area contributed by atoms with Gasteiger partial charge in [0.05, 0.1) is 10.4 Å². The molecule has 0 saturated carbocycles. The summed E-state index contributed by atoms with van der Waals surface area (Å²) in [5.74, 6) is 0. The molecule has 3 heteroatoms. The minimum Gasteiger partial charge on any atom is -0.255 e. The molecule has 3 aromatic heterocycles. The molecule has 0 atom stereocenters. The van der Waals surface area contributed by atoms with E-state index in [4.69, 9.17) is 4.98 Å². The minimum absolute atomic E-state index is 0.0538. The van der Waals surface area contributed by atoms with Crippen molar-refractivity contribution in [3.8, 4) is 21.7 Å². The molecule has 0 spiro atoms. The number of aromatic nitrogens is 1. The Balaban J connectivity index is 1.55. The number of fused-ring (bicyclic) bond motifs is 3. The first-order chi connectivity index (χ1) is 15.9. The van der Waals surface area contributed by atoms with Gasteiger partial charge in [-0.2, -0.15) is 0 Å². The number of benzene rings is 3. The number of thiophene rings is 2. The molecule has 6 rings (SSSR count). The van der Waals surface area contributed by atoms with E-state index in [0.717, 1.165) is 5.69 Å². The number of hydrogen-bond donors (Lipinski definition) is 0. The molecule has 3 heterocycles. The van der Waals surface area contributed by atoms with E-state index in [9.17, 15) is 0 Å². The second kappa shape index (κ2) is 7.51. The number of hydrogen-bond acceptors (Lipinski definition) is 3. The number of aryl methyl sites for hydroxylation is 1. The van der Waals surface area contributed by atoms with E-state index in [1.54, 1.807) is 0 Å². The minimum atomic E-state index is 0.0538. The molecule has 0 bridgehead atoms. The zero-order valence-corrected chi connectivity index (χ0v) is 20.9. The first-order valence-corrected chi connectivity index (χ1v) is 12.9. The number of pyridine rings is 1. The molecule has 0 radical (unpaired) electrons. The zero-order chi connectivity index (χ0) is 22.7. The van der Waals surface area contributed by atoms with Gasteiger partial charge < -0.3 is 0 Å². The van der Waals surface area contributed by atoms with Crippen LogP contribution in [0.5, 0.6) is 0 Å². The zero-order valence-electron chi connectivity index (χ0n) is 19.3. The Morgan fingerprint density at radius 3 is 2.39 bits per heavy atom. The normalized spacial score (nSPS) is 12.2. The maximum absolute atomic E-state index is 4.88. The standard InChI is InChI=1S/C30H25NS2/c1-18-13-22-15-20(9-10-26(22)32-18)27-17-21-11-12-31-28(29(21)33-27)23-14-19-7-5-6-8-24(19)25(16-23)30(2,3)4/h5-17H,1-4H3. The maximum atomic E-state index is 4.88. The van der Waals surface area contributed by atoms with Crippen LogP contribution >= 0.6 is 22.7 Å². The summed E-state index contributed by atoms with van der Waals surface area (Å²) in [5.41, 5.74) is 4.97. The Labute approximate surface area is 202 Å².